The fourth-order valence-electron chi connectivity index (χ4n) is 2.78. The Morgan fingerprint density at radius 3 is 2.86 bits per heavy atom. The van der Waals surface area contributed by atoms with Gasteiger partial charge in [0.05, 0.1) is 30.5 Å². The minimum absolute atomic E-state index is 0.0732. The molecule has 3 heterocycles. The highest BCUT2D eigenvalue weighted by molar-refractivity contribution is 5.86. The molecule has 1 fully saturated rings. The Morgan fingerprint density at radius 1 is 1.48 bits per heavy atom. The number of hydrogen-bond acceptors (Lipinski definition) is 5. The van der Waals surface area contributed by atoms with Crippen molar-refractivity contribution >= 4 is 5.97 Å². The van der Waals surface area contributed by atoms with Gasteiger partial charge in [0.25, 0.3) is 0 Å². The Bertz CT molecular complexity index is 641. The SMILES string of the molecule is Cn1cncc1Cn1nnc(C(=O)O)c1C1CCNCC1. The van der Waals surface area contributed by atoms with Crippen LogP contribution in [-0.4, -0.2) is 48.7 Å². The van der Waals surface area contributed by atoms with E-state index in [1.165, 1.54) is 0 Å². The molecule has 1 aliphatic heterocycles. The summed E-state index contributed by atoms with van der Waals surface area (Å²) in [6, 6.07) is 0. The van der Waals surface area contributed by atoms with Gasteiger partial charge < -0.3 is 15.0 Å². The number of hydrogen-bond donors (Lipinski definition) is 2. The van der Waals surface area contributed by atoms with Crippen LogP contribution in [0.25, 0.3) is 0 Å². The van der Waals surface area contributed by atoms with Crippen LogP contribution in [0.1, 0.15) is 40.6 Å². The van der Waals surface area contributed by atoms with Gasteiger partial charge >= 0.3 is 5.97 Å². The molecule has 2 aromatic heterocycles. The zero-order chi connectivity index (χ0) is 14.8. The molecule has 21 heavy (non-hydrogen) atoms. The molecule has 1 aliphatic rings. The Morgan fingerprint density at radius 2 is 2.24 bits per heavy atom. The third-order valence-corrected chi connectivity index (χ3v) is 3.93. The molecule has 0 saturated carbocycles. The van der Waals surface area contributed by atoms with E-state index in [1.807, 2.05) is 11.6 Å². The number of imidazole rings is 1. The first kappa shape index (κ1) is 13.7. The first-order chi connectivity index (χ1) is 10.2. The summed E-state index contributed by atoms with van der Waals surface area (Å²) in [6.45, 7) is 2.26. The lowest BCUT2D eigenvalue weighted by Gasteiger charge is -2.23. The molecular formula is C13H18N6O2. The smallest absolute Gasteiger partial charge is 0.358 e. The monoisotopic (exact) mass is 290 g/mol. The van der Waals surface area contributed by atoms with E-state index in [-0.39, 0.29) is 11.6 Å². The van der Waals surface area contributed by atoms with Gasteiger partial charge in [0.2, 0.25) is 0 Å². The topological polar surface area (TPSA) is 97.9 Å². The van der Waals surface area contributed by atoms with Gasteiger partial charge in [0, 0.05) is 13.0 Å². The second-order valence-corrected chi connectivity index (χ2v) is 5.31. The second kappa shape index (κ2) is 5.65. The van der Waals surface area contributed by atoms with Gasteiger partial charge in [-0.2, -0.15) is 0 Å². The summed E-state index contributed by atoms with van der Waals surface area (Å²) >= 11 is 0. The minimum Gasteiger partial charge on any atom is -0.476 e. The quantitative estimate of drug-likeness (QED) is 0.836. The normalized spacial score (nSPS) is 16.2. The fourth-order valence-corrected chi connectivity index (χ4v) is 2.78. The summed E-state index contributed by atoms with van der Waals surface area (Å²) in [5.74, 6) is -0.833. The zero-order valence-electron chi connectivity index (χ0n) is 11.9. The minimum atomic E-state index is -1.01. The summed E-state index contributed by atoms with van der Waals surface area (Å²) in [5.41, 5.74) is 1.77. The van der Waals surface area contributed by atoms with Gasteiger partial charge in [-0.3, -0.25) is 0 Å². The molecule has 2 aromatic rings. The van der Waals surface area contributed by atoms with Crippen molar-refractivity contribution in [2.45, 2.75) is 25.3 Å². The van der Waals surface area contributed by atoms with E-state index in [0.717, 1.165) is 37.3 Å². The molecule has 112 valence electrons. The van der Waals surface area contributed by atoms with Crippen molar-refractivity contribution in [3.8, 4) is 0 Å². The number of carboxylic acid groups (broad SMARTS) is 1. The van der Waals surface area contributed by atoms with E-state index in [1.54, 1.807) is 17.2 Å². The van der Waals surface area contributed by atoms with Gasteiger partial charge in [-0.25, -0.2) is 14.5 Å². The van der Waals surface area contributed by atoms with Gasteiger partial charge in [0.15, 0.2) is 5.69 Å². The number of carbonyl (C=O) groups is 1. The largest absolute Gasteiger partial charge is 0.476 e. The van der Waals surface area contributed by atoms with Crippen LogP contribution in [-0.2, 0) is 13.6 Å². The zero-order valence-corrected chi connectivity index (χ0v) is 11.9. The Balaban J connectivity index is 1.96. The molecule has 0 radical (unpaired) electrons. The molecule has 3 rings (SSSR count). The molecular weight excluding hydrogens is 272 g/mol. The number of aromatic nitrogens is 5. The highest BCUT2D eigenvalue weighted by Gasteiger charge is 2.27. The van der Waals surface area contributed by atoms with Gasteiger partial charge in [-0.15, -0.1) is 5.10 Å². The van der Waals surface area contributed by atoms with E-state index in [9.17, 15) is 9.90 Å². The van der Waals surface area contributed by atoms with Crippen molar-refractivity contribution in [3.05, 3.63) is 29.6 Å². The molecule has 0 spiro atoms. The van der Waals surface area contributed by atoms with Crippen molar-refractivity contribution < 1.29 is 9.90 Å². The predicted octanol–water partition coefficient (Wildman–Crippen LogP) is 0.225. The maximum atomic E-state index is 11.4. The van der Waals surface area contributed by atoms with Crippen molar-refractivity contribution in [1.82, 2.24) is 29.9 Å². The fraction of sp³-hybridized carbons (Fsp3) is 0.538. The summed E-state index contributed by atoms with van der Waals surface area (Å²) in [4.78, 5) is 15.5. The van der Waals surface area contributed by atoms with Crippen molar-refractivity contribution in [1.29, 1.82) is 0 Å². The van der Waals surface area contributed by atoms with Crippen LogP contribution in [0.5, 0.6) is 0 Å². The van der Waals surface area contributed by atoms with E-state index in [4.69, 9.17) is 0 Å². The number of nitrogens with one attached hydrogen (secondary N) is 1. The molecule has 8 nitrogen and oxygen atoms in total. The summed E-state index contributed by atoms with van der Waals surface area (Å²) < 4.78 is 3.60. The lowest BCUT2D eigenvalue weighted by Crippen LogP contribution is -2.29. The molecule has 2 N–H and O–H groups in total. The van der Waals surface area contributed by atoms with E-state index >= 15 is 0 Å². The third-order valence-electron chi connectivity index (χ3n) is 3.93. The lowest BCUT2D eigenvalue weighted by molar-refractivity contribution is 0.0688. The standard InChI is InChI=1S/C13H18N6O2/c1-18-8-15-6-10(18)7-19-12(9-2-4-14-5-3-9)11(13(20)21)16-17-19/h6,8-9,14H,2-5,7H2,1H3,(H,20,21). The van der Waals surface area contributed by atoms with Gasteiger partial charge in [0.1, 0.15) is 0 Å². The predicted molar refractivity (Wildman–Crippen MR) is 74.1 cm³/mol. The summed E-state index contributed by atoms with van der Waals surface area (Å²) in [5, 5.41) is 20.5. The summed E-state index contributed by atoms with van der Waals surface area (Å²) in [7, 11) is 1.90. The lowest BCUT2D eigenvalue weighted by atomic mass is 9.93. The number of aromatic carboxylic acids is 1. The molecule has 0 amide bonds. The maximum absolute atomic E-state index is 11.4. The van der Waals surface area contributed by atoms with E-state index in [2.05, 4.69) is 20.6 Å². The molecule has 0 atom stereocenters. The molecule has 0 aliphatic carbocycles. The second-order valence-electron chi connectivity index (χ2n) is 5.31. The van der Waals surface area contributed by atoms with E-state index < -0.39 is 5.97 Å². The molecule has 0 bridgehead atoms. The molecule has 0 aromatic carbocycles. The molecule has 1 saturated heterocycles. The number of rotatable bonds is 4. The van der Waals surface area contributed by atoms with Crippen LogP contribution in [0, 0.1) is 0 Å². The van der Waals surface area contributed by atoms with Crippen LogP contribution in [0.2, 0.25) is 0 Å². The Labute approximate surface area is 121 Å². The van der Waals surface area contributed by atoms with Crippen LogP contribution in [0.15, 0.2) is 12.5 Å². The Kier molecular flexibility index (Phi) is 3.70. The maximum Gasteiger partial charge on any atom is 0.358 e. The number of carboxylic acids is 1. The first-order valence-corrected chi connectivity index (χ1v) is 6.99. The average molecular weight is 290 g/mol. The van der Waals surface area contributed by atoms with Crippen molar-refractivity contribution in [2.75, 3.05) is 13.1 Å². The third kappa shape index (κ3) is 2.66. The molecule has 0 unspecified atom stereocenters. The van der Waals surface area contributed by atoms with E-state index in [0.29, 0.717) is 6.54 Å². The van der Waals surface area contributed by atoms with Crippen LogP contribution >= 0.6 is 0 Å². The van der Waals surface area contributed by atoms with Gasteiger partial charge in [-0.1, -0.05) is 5.21 Å². The number of piperidine rings is 1. The Hall–Kier alpha value is -2.22. The first-order valence-electron chi connectivity index (χ1n) is 6.99. The summed E-state index contributed by atoms with van der Waals surface area (Å²) in [6.07, 6.45) is 5.28. The highest BCUT2D eigenvalue weighted by Crippen LogP contribution is 2.27. The van der Waals surface area contributed by atoms with Crippen molar-refractivity contribution in [2.24, 2.45) is 7.05 Å². The van der Waals surface area contributed by atoms with Crippen molar-refractivity contribution in [3.63, 3.8) is 0 Å². The van der Waals surface area contributed by atoms with Crippen LogP contribution in [0.4, 0.5) is 0 Å². The highest BCUT2D eigenvalue weighted by atomic mass is 16.4. The molecule has 8 heteroatoms. The number of aryl methyl sites for hydroxylation is 1. The number of nitrogens with zero attached hydrogens (tertiary/aromatic N) is 5. The van der Waals surface area contributed by atoms with Gasteiger partial charge in [-0.05, 0) is 25.9 Å². The van der Waals surface area contributed by atoms with Crippen LogP contribution < -0.4 is 5.32 Å². The average Bonchev–Trinajstić information content (AvgIpc) is 3.07. The van der Waals surface area contributed by atoms with Crippen LogP contribution in [0.3, 0.4) is 0 Å².